The number of ether oxygens (including phenoxy) is 2. The number of carbonyl (C=O) groups is 1. The van der Waals surface area contributed by atoms with E-state index in [0.29, 0.717) is 17.9 Å². The number of cyclic esters (lactones) is 1. The van der Waals surface area contributed by atoms with Crippen molar-refractivity contribution in [3.63, 3.8) is 0 Å². The molecule has 0 radical (unpaired) electrons. The summed E-state index contributed by atoms with van der Waals surface area (Å²) >= 11 is 0. The van der Waals surface area contributed by atoms with Gasteiger partial charge in [0.05, 0.1) is 28.1 Å². The first-order chi connectivity index (χ1) is 15.4. The van der Waals surface area contributed by atoms with Gasteiger partial charge in [0.25, 0.3) is 11.4 Å². The molecule has 0 aromatic heterocycles. The van der Waals surface area contributed by atoms with Crippen molar-refractivity contribution in [2.24, 2.45) is 4.99 Å². The van der Waals surface area contributed by atoms with Crippen molar-refractivity contribution in [2.75, 3.05) is 6.61 Å². The number of non-ortho nitro benzene ring substituents is 2. The van der Waals surface area contributed by atoms with E-state index in [0.717, 1.165) is 29.0 Å². The summed E-state index contributed by atoms with van der Waals surface area (Å²) in [6, 6.07) is 14.1. The van der Waals surface area contributed by atoms with Gasteiger partial charge in [0.2, 0.25) is 5.90 Å². The largest absolute Gasteiger partial charge is 0.493 e. The van der Waals surface area contributed by atoms with Crippen molar-refractivity contribution >= 4 is 40.1 Å². The zero-order valence-corrected chi connectivity index (χ0v) is 16.7. The number of hydrogen-bond donors (Lipinski definition) is 0. The fourth-order valence-corrected chi connectivity index (χ4v) is 3.30. The molecule has 1 aliphatic rings. The molecule has 0 spiro atoms. The number of aliphatic imine (C=N–C) groups is 1. The van der Waals surface area contributed by atoms with Gasteiger partial charge in [-0.2, -0.15) is 0 Å². The summed E-state index contributed by atoms with van der Waals surface area (Å²) in [4.78, 5) is 37.4. The minimum Gasteiger partial charge on any atom is -0.493 e. The lowest BCUT2D eigenvalue weighted by Gasteiger charge is -2.10. The van der Waals surface area contributed by atoms with Gasteiger partial charge in [-0.3, -0.25) is 20.2 Å². The van der Waals surface area contributed by atoms with Gasteiger partial charge in [0.1, 0.15) is 5.75 Å². The van der Waals surface area contributed by atoms with E-state index in [-0.39, 0.29) is 17.2 Å². The Bertz CT molecular complexity index is 1310. The first kappa shape index (κ1) is 20.7. The highest BCUT2D eigenvalue weighted by molar-refractivity contribution is 6.14. The Labute approximate surface area is 180 Å². The number of rotatable bonds is 6. The summed E-state index contributed by atoms with van der Waals surface area (Å²) in [7, 11) is 0. The number of nitrogens with zero attached hydrogens (tertiary/aromatic N) is 3. The first-order valence-electron chi connectivity index (χ1n) is 9.48. The second-order valence-corrected chi connectivity index (χ2v) is 6.72. The molecule has 3 aromatic carbocycles. The lowest BCUT2D eigenvalue weighted by Crippen LogP contribution is -2.07. The van der Waals surface area contributed by atoms with Gasteiger partial charge in [-0.25, -0.2) is 9.79 Å². The normalized spacial score (nSPS) is 14.3. The summed E-state index contributed by atoms with van der Waals surface area (Å²) < 4.78 is 10.9. The molecular weight excluding hydrogens is 418 g/mol. The lowest BCUT2D eigenvalue weighted by atomic mass is 10.0. The Morgan fingerprint density at radius 3 is 2.38 bits per heavy atom. The summed E-state index contributed by atoms with van der Waals surface area (Å²) in [5.41, 5.74) is -0.528. The van der Waals surface area contributed by atoms with Crippen molar-refractivity contribution in [2.45, 2.75) is 6.92 Å². The summed E-state index contributed by atoms with van der Waals surface area (Å²) in [5.74, 6) is -0.503. The van der Waals surface area contributed by atoms with E-state index in [1.165, 1.54) is 6.08 Å². The van der Waals surface area contributed by atoms with Crippen LogP contribution in [0.2, 0.25) is 0 Å². The van der Waals surface area contributed by atoms with Crippen LogP contribution in [0.4, 0.5) is 11.4 Å². The third-order valence-electron chi connectivity index (χ3n) is 4.70. The molecular formula is C22H15N3O7. The standard InChI is InChI=1S/C22H15N3O7/c1-2-31-20-8-7-13-5-3-4-6-17(13)18(20)12-19-22(26)32-21(23-19)14-9-15(24(27)28)11-16(10-14)25(29)30/h3-12H,2H2,1H3/b19-12+. The number of esters is 1. The third-order valence-corrected chi connectivity index (χ3v) is 4.70. The molecule has 3 aromatic rings. The molecule has 0 fully saturated rings. The van der Waals surface area contributed by atoms with Crippen LogP contribution in [-0.2, 0) is 9.53 Å². The lowest BCUT2D eigenvalue weighted by molar-refractivity contribution is -0.394. The van der Waals surface area contributed by atoms with Gasteiger partial charge < -0.3 is 9.47 Å². The summed E-state index contributed by atoms with van der Waals surface area (Å²) in [6.45, 7) is 2.24. The molecule has 10 nitrogen and oxygen atoms in total. The minimum absolute atomic E-state index is 0.0504. The Kier molecular flexibility index (Phi) is 5.34. The van der Waals surface area contributed by atoms with E-state index in [2.05, 4.69) is 4.99 Å². The number of nitro groups is 2. The molecule has 0 atom stereocenters. The van der Waals surface area contributed by atoms with E-state index in [4.69, 9.17) is 9.47 Å². The molecule has 32 heavy (non-hydrogen) atoms. The van der Waals surface area contributed by atoms with Crippen molar-refractivity contribution in [3.05, 3.63) is 91.6 Å². The van der Waals surface area contributed by atoms with Crippen molar-refractivity contribution in [1.29, 1.82) is 0 Å². The monoisotopic (exact) mass is 433 g/mol. The SMILES string of the molecule is CCOc1ccc2ccccc2c1/C=C1/N=C(c2cc([N+](=O)[O-])cc([N+](=O)[O-])c2)OC1=O. The fraction of sp³-hybridized carbons (Fsp3) is 0.0909. The molecule has 0 N–H and O–H groups in total. The predicted octanol–water partition coefficient (Wildman–Crippen LogP) is 4.40. The van der Waals surface area contributed by atoms with Gasteiger partial charge in [-0.05, 0) is 29.8 Å². The van der Waals surface area contributed by atoms with Gasteiger partial charge in [-0.1, -0.05) is 30.3 Å². The zero-order valence-electron chi connectivity index (χ0n) is 16.7. The number of hydrogen-bond acceptors (Lipinski definition) is 8. The molecule has 0 aliphatic carbocycles. The molecule has 0 bridgehead atoms. The maximum absolute atomic E-state index is 12.5. The molecule has 160 valence electrons. The third kappa shape index (κ3) is 3.88. The van der Waals surface area contributed by atoms with Crippen molar-refractivity contribution in [3.8, 4) is 5.75 Å². The summed E-state index contributed by atoms with van der Waals surface area (Å²) in [6.07, 6.45) is 1.51. The molecule has 10 heteroatoms. The average Bonchev–Trinajstić information content (AvgIpc) is 3.15. The second-order valence-electron chi connectivity index (χ2n) is 6.72. The maximum Gasteiger partial charge on any atom is 0.363 e. The van der Waals surface area contributed by atoms with Crippen LogP contribution in [0.5, 0.6) is 5.75 Å². The van der Waals surface area contributed by atoms with Crippen LogP contribution in [0.1, 0.15) is 18.1 Å². The highest BCUT2D eigenvalue weighted by Crippen LogP contribution is 2.32. The number of fused-ring (bicyclic) bond motifs is 1. The van der Waals surface area contributed by atoms with Crippen LogP contribution < -0.4 is 4.74 Å². The van der Waals surface area contributed by atoms with Gasteiger partial charge in [0.15, 0.2) is 5.70 Å². The Hall–Kier alpha value is -4.60. The van der Waals surface area contributed by atoms with Crippen molar-refractivity contribution < 1.29 is 24.1 Å². The average molecular weight is 433 g/mol. The molecule has 4 rings (SSSR count). The number of benzene rings is 3. The van der Waals surface area contributed by atoms with Crippen LogP contribution in [0.3, 0.4) is 0 Å². The fourth-order valence-electron chi connectivity index (χ4n) is 3.30. The molecule has 0 unspecified atom stereocenters. The summed E-state index contributed by atoms with van der Waals surface area (Å²) in [5, 5.41) is 24.0. The van der Waals surface area contributed by atoms with Crippen LogP contribution in [0, 0.1) is 20.2 Å². The molecule has 0 saturated heterocycles. The Balaban J connectivity index is 1.84. The topological polar surface area (TPSA) is 134 Å². The van der Waals surface area contributed by atoms with Gasteiger partial charge in [0, 0.05) is 17.7 Å². The van der Waals surface area contributed by atoms with Crippen LogP contribution >= 0.6 is 0 Å². The van der Waals surface area contributed by atoms with Gasteiger partial charge in [-0.15, -0.1) is 0 Å². The number of carbonyl (C=O) groups excluding carboxylic acids is 1. The highest BCUT2D eigenvalue weighted by atomic mass is 16.6. The zero-order chi connectivity index (χ0) is 22.8. The first-order valence-corrected chi connectivity index (χ1v) is 9.48. The van der Waals surface area contributed by atoms with Crippen molar-refractivity contribution in [1.82, 2.24) is 0 Å². The Morgan fingerprint density at radius 2 is 1.72 bits per heavy atom. The van der Waals surface area contributed by atoms with E-state index in [1.54, 1.807) is 6.07 Å². The minimum atomic E-state index is -0.787. The molecule has 1 heterocycles. The highest BCUT2D eigenvalue weighted by Gasteiger charge is 2.28. The van der Waals surface area contributed by atoms with E-state index < -0.39 is 27.2 Å². The molecule has 0 saturated carbocycles. The maximum atomic E-state index is 12.5. The van der Waals surface area contributed by atoms with Crippen LogP contribution in [0.25, 0.3) is 16.8 Å². The van der Waals surface area contributed by atoms with Gasteiger partial charge >= 0.3 is 5.97 Å². The van der Waals surface area contributed by atoms with E-state index in [9.17, 15) is 25.0 Å². The van der Waals surface area contributed by atoms with Crippen LogP contribution in [0.15, 0.2) is 65.3 Å². The van der Waals surface area contributed by atoms with E-state index in [1.807, 2.05) is 37.3 Å². The Morgan fingerprint density at radius 1 is 1.03 bits per heavy atom. The smallest absolute Gasteiger partial charge is 0.363 e. The van der Waals surface area contributed by atoms with E-state index >= 15 is 0 Å². The molecule has 1 aliphatic heterocycles. The quantitative estimate of drug-likeness (QED) is 0.243. The van der Waals surface area contributed by atoms with Crippen LogP contribution in [-0.4, -0.2) is 28.3 Å². The predicted molar refractivity (Wildman–Crippen MR) is 115 cm³/mol. The number of nitro benzene ring substituents is 2. The molecule has 0 amide bonds. The second kappa shape index (κ2) is 8.26.